The fraction of sp³-hybridized carbons (Fsp3) is 0.188. The van der Waals surface area contributed by atoms with Gasteiger partial charge in [0.2, 0.25) is 0 Å². The van der Waals surface area contributed by atoms with Gasteiger partial charge in [-0.25, -0.2) is 0 Å². The zero-order valence-electron chi connectivity index (χ0n) is 11.9. The maximum Gasteiger partial charge on any atom is 0.265 e. The number of para-hydroxylation sites is 2. The third-order valence-electron chi connectivity index (χ3n) is 3.03. The minimum Gasteiger partial charge on any atom is -0.481 e. The molecule has 3 N–H and O–H groups in total. The molecule has 2 rings (SSSR count). The molecule has 1 unspecified atom stereocenters. The van der Waals surface area contributed by atoms with Gasteiger partial charge in [0.1, 0.15) is 5.75 Å². The van der Waals surface area contributed by atoms with E-state index in [1.807, 2.05) is 6.92 Å². The van der Waals surface area contributed by atoms with Crippen LogP contribution in [0.1, 0.15) is 12.5 Å². The molecular weight excluding hydrogens is 288 g/mol. The topological polar surface area (TPSA) is 64.3 Å². The van der Waals surface area contributed by atoms with E-state index < -0.39 is 6.10 Å². The van der Waals surface area contributed by atoms with E-state index in [1.165, 1.54) is 0 Å². The van der Waals surface area contributed by atoms with Crippen LogP contribution in [0.2, 0.25) is 5.02 Å². The van der Waals surface area contributed by atoms with Gasteiger partial charge in [-0.15, -0.1) is 0 Å². The maximum atomic E-state index is 12.1. The van der Waals surface area contributed by atoms with E-state index in [1.54, 1.807) is 49.4 Å². The lowest BCUT2D eigenvalue weighted by atomic mass is 10.2. The second-order valence-electron chi connectivity index (χ2n) is 4.75. The Labute approximate surface area is 128 Å². The minimum atomic E-state index is -0.648. The number of carbonyl (C=O) groups excluding carboxylic acids is 1. The number of nitrogens with two attached hydrogens (primary N) is 1. The van der Waals surface area contributed by atoms with Crippen LogP contribution in [0, 0.1) is 6.92 Å². The molecule has 110 valence electrons. The quantitative estimate of drug-likeness (QED) is 0.848. The van der Waals surface area contributed by atoms with E-state index >= 15 is 0 Å². The number of rotatable bonds is 4. The average molecular weight is 305 g/mol. The third-order valence-corrected chi connectivity index (χ3v) is 3.45. The van der Waals surface area contributed by atoms with Crippen LogP contribution < -0.4 is 15.8 Å². The van der Waals surface area contributed by atoms with Gasteiger partial charge >= 0.3 is 0 Å². The van der Waals surface area contributed by atoms with E-state index in [-0.39, 0.29) is 5.91 Å². The molecule has 5 heteroatoms. The number of nitrogen functional groups attached to an aromatic ring is 1. The van der Waals surface area contributed by atoms with Crippen LogP contribution in [0.5, 0.6) is 5.75 Å². The molecule has 0 aliphatic heterocycles. The van der Waals surface area contributed by atoms with Crippen molar-refractivity contribution in [3.63, 3.8) is 0 Å². The Morgan fingerprint density at radius 1 is 1.29 bits per heavy atom. The van der Waals surface area contributed by atoms with Crippen molar-refractivity contribution < 1.29 is 9.53 Å². The van der Waals surface area contributed by atoms with E-state index in [2.05, 4.69) is 5.32 Å². The molecule has 0 radical (unpaired) electrons. The number of ether oxygens (including phenoxy) is 1. The van der Waals surface area contributed by atoms with Crippen molar-refractivity contribution in [3.8, 4) is 5.75 Å². The standard InChI is InChI=1S/C16H17ClN2O2/c1-10-9-12(7-8-13(10)17)21-11(2)16(20)19-15-6-4-3-5-14(15)18/h3-9,11H,18H2,1-2H3,(H,19,20). The lowest BCUT2D eigenvalue weighted by Crippen LogP contribution is -2.30. The zero-order valence-corrected chi connectivity index (χ0v) is 12.6. The van der Waals surface area contributed by atoms with Gasteiger partial charge in [0.25, 0.3) is 5.91 Å². The third kappa shape index (κ3) is 3.89. The van der Waals surface area contributed by atoms with E-state index in [9.17, 15) is 4.79 Å². The molecular formula is C16H17ClN2O2. The van der Waals surface area contributed by atoms with Crippen LogP contribution >= 0.6 is 11.6 Å². The number of hydrogen-bond donors (Lipinski definition) is 2. The highest BCUT2D eigenvalue weighted by Gasteiger charge is 2.16. The largest absolute Gasteiger partial charge is 0.481 e. The number of halogens is 1. The van der Waals surface area contributed by atoms with Crippen molar-refractivity contribution in [2.75, 3.05) is 11.1 Å². The van der Waals surface area contributed by atoms with E-state index in [4.69, 9.17) is 22.1 Å². The van der Waals surface area contributed by atoms with Gasteiger partial charge in [0.05, 0.1) is 11.4 Å². The Morgan fingerprint density at radius 2 is 2.00 bits per heavy atom. The Bertz CT molecular complexity index is 658. The van der Waals surface area contributed by atoms with Gasteiger partial charge in [-0.2, -0.15) is 0 Å². The summed E-state index contributed by atoms with van der Waals surface area (Å²) in [6, 6.07) is 12.3. The van der Waals surface area contributed by atoms with Crippen LogP contribution in [0.3, 0.4) is 0 Å². The van der Waals surface area contributed by atoms with Gasteiger partial charge in [-0.05, 0) is 49.7 Å². The molecule has 0 heterocycles. The predicted molar refractivity (Wildman–Crippen MR) is 85.8 cm³/mol. The molecule has 2 aromatic rings. The molecule has 0 aromatic heterocycles. The second kappa shape index (κ2) is 6.50. The minimum absolute atomic E-state index is 0.263. The highest BCUT2D eigenvalue weighted by molar-refractivity contribution is 6.31. The highest BCUT2D eigenvalue weighted by Crippen LogP contribution is 2.22. The lowest BCUT2D eigenvalue weighted by molar-refractivity contribution is -0.122. The summed E-state index contributed by atoms with van der Waals surface area (Å²) in [5, 5.41) is 3.40. The summed E-state index contributed by atoms with van der Waals surface area (Å²) in [4.78, 5) is 12.1. The molecule has 0 fully saturated rings. The smallest absolute Gasteiger partial charge is 0.265 e. The first-order chi connectivity index (χ1) is 9.97. The molecule has 1 atom stereocenters. The van der Waals surface area contributed by atoms with Crippen molar-refractivity contribution in [2.24, 2.45) is 0 Å². The molecule has 0 aliphatic rings. The van der Waals surface area contributed by atoms with E-state index in [0.29, 0.717) is 22.1 Å². The van der Waals surface area contributed by atoms with Crippen molar-refractivity contribution in [3.05, 3.63) is 53.1 Å². The van der Waals surface area contributed by atoms with Crippen LogP contribution in [-0.2, 0) is 4.79 Å². The summed E-state index contributed by atoms with van der Waals surface area (Å²) >= 11 is 5.96. The SMILES string of the molecule is Cc1cc(OC(C)C(=O)Nc2ccccc2N)ccc1Cl. The summed E-state index contributed by atoms with van der Waals surface area (Å²) in [6.45, 7) is 3.56. The van der Waals surface area contributed by atoms with Gasteiger partial charge in [0.15, 0.2) is 6.10 Å². The van der Waals surface area contributed by atoms with Crippen LogP contribution in [0.4, 0.5) is 11.4 Å². The maximum absolute atomic E-state index is 12.1. The van der Waals surface area contributed by atoms with Crippen LogP contribution in [0.15, 0.2) is 42.5 Å². The molecule has 0 bridgehead atoms. The second-order valence-corrected chi connectivity index (χ2v) is 5.15. The molecule has 21 heavy (non-hydrogen) atoms. The summed E-state index contributed by atoms with van der Waals surface area (Å²) in [7, 11) is 0. The Hall–Kier alpha value is -2.20. The van der Waals surface area contributed by atoms with Crippen molar-refractivity contribution >= 4 is 28.9 Å². The van der Waals surface area contributed by atoms with Crippen molar-refractivity contribution in [2.45, 2.75) is 20.0 Å². The van der Waals surface area contributed by atoms with Crippen LogP contribution in [0.25, 0.3) is 0 Å². The fourth-order valence-corrected chi connectivity index (χ4v) is 1.91. The van der Waals surface area contributed by atoms with E-state index in [0.717, 1.165) is 5.56 Å². The molecule has 4 nitrogen and oxygen atoms in total. The fourth-order valence-electron chi connectivity index (χ4n) is 1.79. The summed E-state index contributed by atoms with van der Waals surface area (Å²) in [6.07, 6.45) is -0.648. The predicted octanol–water partition coefficient (Wildman–Crippen LogP) is 3.64. The molecule has 1 amide bonds. The zero-order chi connectivity index (χ0) is 15.4. The van der Waals surface area contributed by atoms with Crippen molar-refractivity contribution in [1.29, 1.82) is 0 Å². The van der Waals surface area contributed by atoms with Crippen molar-refractivity contribution in [1.82, 2.24) is 0 Å². The van der Waals surface area contributed by atoms with Gasteiger partial charge in [-0.1, -0.05) is 23.7 Å². The van der Waals surface area contributed by atoms with Gasteiger partial charge in [-0.3, -0.25) is 4.79 Å². The summed E-state index contributed by atoms with van der Waals surface area (Å²) in [5.41, 5.74) is 7.77. The van der Waals surface area contributed by atoms with Gasteiger partial charge in [0, 0.05) is 5.02 Å². The number of amides is 1. The molecule has 0 saturated heterocycles. The normalized spacial score (nSPS) is 11.8. The first kappa shape index (κ1) is 15.2. The number of hydrogen-bond acceptors (Lipinski definition) is 3. The summed E-state index contributed by atoms with van der Waals surface area (Å²) in [5.74, 6) is 0.334. The molecule has 0 spiro atoms. The average Bonchev–Trinajstić information content (AvgIpc) is 2.45. The molecule has 2 aromatic carbocycles. The Kier molecular flexibility index (Phi) is 4.70. The number of benzene rings is 2. The first-order valence-corrected chi connectivity index (χ1v) is 6.93. The number of carbonyl (C=O) groups is 1. The first-order valence-electron chi connectivity index (χ1n) is 6.55. The molecule has 0 saturated carbocycles. The number of anilines is 2. The monoisotopic (exact) mass is 304 g/mol. The van der Waals surface area contributed by atoms with Gasteiger partial charge < -0.3 is 15.8 Å². The molecule has 0 aliphatic carbocycles. The number of nitrogens with one attached hydrogen (secondary N) is 1. The highest BCUT2D eigenvalue weighted by atomic mass is 35.5. The Balaban J connectivity index is 2.02. The Morgan fingerprint density at radius 3 is 2.67 bits per heavy atom. The van der Waals surface area contributed by atoms with Crippen LogP contribution in [-0.4, -0.2) is 12.0 Å². The summed E-state index contributed by atoms with van der Waals surface area (Å²) < 4.78 is 5.61. The lowest BCUT2D eigenvalue weighted by Gasteiger charge is -2.16. The number of aryl methyl sites for hydroxylation is 1.